The van der Waals surface area contributed by atoms with Crippen molar-refractivity contribution in [1.82, 2.24) is 4.31 Å². The molecule has 1 atom stereocenters. The van der Waals surface area contributed by atoms with Gasteiger partial charge in [-0.05, 0) is 31.0 Å². The zero-order valence-corrected chi connectivity index (χ0v) is 12.7. The summed E-state index contributed by atoms with van der Waals surface area (Å²) in [6, 6.07) is 4.07. The molecule has 110 valence electrons. The smallest absolute Gasteiger partial charge is 0.307 e. The van der Waals surface area contributed by atoms with E-state index in [0.717, 1.165) is 0 Å². The number of carbonyl (C=O) groups is 1. The number of sulfonamides is 1. The maximum atomic E-state index is 12.5. The first kappa shape index (κ1) is 15.6. The third-order valence-corrected chi connectivity index (χ3v) is 5.49. The molecule has 1 aromatic rings. The second-order valence-corrected chi connectivity index (χ2v) is 7.46. The van der Waals surface area contributed by atoms with Crippen molar-refractivity contribution < 1.29 is 18.3 Å². The first-order valence-electron chi connectivity index (χ1n) is 6.00. The Balaban J connectivity index is 2.32. The Bertz CT molecular complexity index is 612. The number of halogens is 2. The van der Waals surface area contributed by atoms with Crippen molar-refractivity contribution in [2.75, 3.05) is 13.1 Å². The minimum atomic E-state index is -3.77. The summed E-state index contributed by atoms with van der Waals surface area (Å²) < 4.78 is 26.1. The zero-order valence-electron chi connectivity index (χ0n) is 10.4. The summed E-state index contributed by atoms with van der Waals surface area (Å²) in [7, 11) is -3.77. The molecule has 5 nitrogen and oxygen atoms in total. The maximum absolute atomic E-state index is 12.5. The average molecular weight is 338 g/mol. The molecular formula is C12H13Cl2NO4S. The van der Waals surface area contributed by atoms with Gasteiger partial charge < -0.3 is 5.11 Å². The molecule has 0 spiro atoms. The molecule has 1 N–H and O–H groups in total. The Morgan fingerprint density at radius 2 is 1.85 bits per heavy atom. The second-order valence-electron chi connectivity index (χ2n) is 4.65. The lowest BCUT2D eigenvalue weighted by Crippen LogP contribution is -2.42. The third-order valence-electron chi connectivity index (χ3n) is 3.21. The predicted molar refractivity (Wildman–Crippen MR) is 75.6 cm³/mol. The van der Waals surface area contributed by atoms with Crippen LogP contribution in [0.4, 0.5) is 0 Å². The van der Waals surface area contributed by atoms with Crippen LogP contribution < -0.4 is 0 Å². The molecule has 20 heavy (non-hydrogen) atoms. The molecule has 1 heterocycles. The molecule has 1 fully saturated rings. The number of carboxylic acid groups (broad SMARTS) is 1. The maximum Gasteiger partial charge on any atom is 0.307 e. The molecule has 1 aromatic carbocycles. The summed E-state index contributed by atoms with van der Waals surface area (Å²) in [4.78, 5) is 11.0. The van der Waals surface area contributed by atoms with Crippen LogP contribution in [0.5, 0.6) is 0 Å². The Kier molecular flexibility index (Phi) is 4.59. The summed E-state index contributed by atoms with van der Waals surface area (Å²) >= 11 is 11.6. The Morgan fingerprint density at radius 1 is 1.25 bits per heavy atom. The van der Waals surface area contributed by atoms with Crippen LogP contribution >= 0.6 is 23.2 Å². The van der Waals surface area contributed by atoms with E-state index in [-0.39, 0.29) is 21.5 Å². The standard InChI is InChI=1S/C12H13Cl2NO4S/c13-9-4-10(14)6-11(5-9)20(18,19)15-3-1-2-8(7-15)12(16)17/h4-6,8H,1-3,7H2,(H,16,17)/t8-/m1/s1. The summed E-state index contributed by atoms with van der Waals surface area (Å²) in [5.41, 5.74) is 0. The van der Waals surface area contributed by atoms with Crippen molar-refractivity contribution in [1.29, 1.82) is 0 Å². The summed E-state index contributed by atoms with van der Waals surface area (Å²) in [6.07, 6.45) is 1.00. The number of hydrogen-bond donors (Lipinski definition) is 1. The molecule has 2 rings (SSSR count). The van der Waals surface area contributed by atoms with Gasteiger partial charge in [-0.15, -0.1) is 0 Å². The van der Waals surface area contributed by atoms with Crippen LogP contribution in [-0.2, 0) is 14.8 Å². The van der Waals surface area contributed by atoms with E-state index in [1.807, 2.05) is 0 Å². The average Bonchev–Trinajstić information content (AvgIpc) is 2.37. The largest absolute Gasteiger partial charge is 0.481 e. The molecule has 1 saturated heterocycles. The summed E-state index contributed by atoms with van der Waals surface area (Å²) in [5.74, 6) is -1.65. The Hall–Kier alpha value is -0.820. The molecule has 1 aliphatic rings. The van der Waals surface area contributed by atoms with E-state index in [9.17, 15) is 13.2 Å². The van der Waals surface area contributed by atoms with Crippen LogP contribution in [0, 0.1) is 5.92 Å². The van der Waals surface area contributed by atoms with Crippen LogP contribution in [0.25, 0.3) is 0 Å². The molecule has 0 unspecified atom stereocenters. The van der Waals surface area contributed by atoms with Gasteiger partial charge in [0.25, 0.3) is 0 Å². The van der Waals surface area contributed by atoms with Crippen LogP contribution in [0.15, 0.2) is 23.1 Å². The lowest BCUT2D eigenvalue weighted by atomic mass is 10.0. The number of rotatable bonds is 3. The van der Waals surface area contributed by atoms with Crippen molar-refractivity contribution in [2.45, 2.75) is 17.7 Å². The van der Waals surface area contributed by atoms with E-state index in [4.69, 9.17) is 28.3 Å². The van der Waals surface area contributed by atoms with Gasteiger partial charge in [-0.25, -0.2) is 8.42 Å². The minimum Gasteiger partial charge on any atom is -0.481 e. The van der Waals surface area contributed by atoms with Gasteiger partial charge in [0.15, 0.2) is 0 Å². The number of piperidine rings is 1. The van der Waals surface area contributed by atoms with E-state index in [2.05, 4.69) is 0 Å². The number of aliphatic carboxylic acids is 1. The number of nitrogens with zero attached hydrogens (tertiary/aromatic N) is 1. The highest BCUT2D eigenvalue weighted by molar-refractivity contribution is 7.89. The predicted octanol–water partition coefficient (Wildman–Crippen LogP) is 2.48. The van der Waals surface area contributed by atoms with E-state index >= 15 is 0 Å². The van der Waals surface area contributed by atoms with E-state index in [1.54, 1.807) is 0 Å². The lowest BCUT2D eigenvalue weighted by molar-refractivity contribution is -0.142. The van der Waals surface area contributed by atoms with Crippen molar-refractivity contribution >= 4 is 39.2 Å². The molecule has 0 aliphatic carbocycles. The molecule has 1 aliphatic heterocycles. The summed E-state index contributed by atoms with van der Waals surface area (Å²) in [5, 5.41) is 9.47. The van der Waals surface area contributed by atoms with E-state index in [1.165, 1.54) is 22.5 Å². The highest BCUT2D eigenvalue weighted by atomic mass is 35.5. The van der Waals surface area contributed by atoms with Crippen molar-refractivity contribution in [3.63, 3.8) is 0 Å². The topological polar surface area (TPSA) is 74.7 Å². The second kappa shape index (κ2) is 5.89. The van der Waals surface area contributed by atoms with E-state index < -0.39 is 21.9 Å². The van der Waals surface area contributed by atoms with Crippen molar-refractivity contribution in [3.05, 3.63) is 28.2 Å². The number of benzene rings is 1. The van der Waals surface area contributed by atoms with Crippen LogP contribution in [0.2, 0.25) is 10.0 Å². The fourth-order valence-electron chi connectivity index (χ4n) is 2.19. The monoisotopic (exact) mass is 337 g/mol. The highest BCUT2D eigenvalue weighted by Crippen LogP contribution is 2.27. The SMILES string of the molecule is O=C(O)[C@@H]1CCCN(S(=O)(=O)c2cc(Cl)cc(Cl)c2)C1. The first-order valence-corrected chi connectivity index (χ1v) is 8.19. The zero-order chi connectivity index (χ0) is 14.9. The quantitative estimate of drug-likeness (QED) is 0.919. The van der Waals surface area contributed by atoms with Crippen LogP contribution in [0.3, 0.4) is 0 Å². The van der Waals surface area contributed by atoms with Crippen LogP contribution in [-0.4, -0.2) is 36.9 Å². The minimum absolute atomic E-state index is 0.0129. The number of hydrogen-bond acceptors (Lipinski definition) is 3. The van der Waals surface area contributed by atoms with Gasteiger partial charge >= 0.3 is 5.97 Å². The van der Waals surface area contributed by atoms with Gasteiger partial charge in [-0.1, -0.05) is 23.2 Å². The summed E-state index contributed by atoms with van der Waals surface area (Å²) in [6.45, 7) is 0.276. The van der Waals surface area contributed by atoms with Gasteiger partial charge in [0.05, 0.1) is 10.8 Å². The molecule has 0 aromatic heterocycles. The van der Waals surface area contributed by atoms with Gasteiger partial charge in [0.1, 0.15) is 0 Å². The van der Waals surface area contributed by atoms with E-state index in [0.29, 0.717) is 19.4 Å². The lowest BCUT2D eigenvalue weighted by Gasteiger charge is -2.29. The van der Waals surface area contributed by atoms with Crippen molar-refractivity contribution in [3.8, 4) is 0 Å². The fraction of sp³-hybridized carbons (Fsp3) is 0.417. The molecule has 0 bridgehead atoms. The van der Waals surface area contributed by atoms with Crippen LogP contribution in [0.1, 0.15) is 12.8 Å². The van der Waals surface area contributed by atoms with Gasteiger partial charge in [-0.2, -0.15) is 4.31 Å². The molecule has 8 heteroatoms. The molecule has 0 saturated carbocycles. The third kappa shape index (κ3) is 3.25. The fourth-order valence-corrected chi connectivity index (χ4v) is 4.44. The molecule has 0 amide bonds. The van der Waals surface area contributed by atoms with Gasteiger partial charge in [0, 0.05) is 23.1 Å². The molecular weight excluding hydrogens is 325 g/mol. The van der Waals surface area contributed by atoms with Gasteiger partial charge in [0.2, 0.25) is 10.0 Å². The van der Waals surface area contributed by atoms with Crippen molar-refractivity contribution in [2.24, 2.45) is 5.92 Å². The van der Waals surface area contributed by atoms with Gasteiger partial charge in [-0.3, -0.25) is 4.79 Å². The normalized spacial score (nSPS) is 20.8. The Morgan fingerprint density at radius 3 is 2.40 bits per heavy atom. The molecule has 0 radical (unpaired) electrons. The first-order chi connectivity index (χ1) is 9.30. The Labute approximate surface area is 127 Å². The highest BCUT2D eigenvalue weighted by Gasteiger charge is 2.33. The number of carboxylic acids is 1.